The van der Waals surface area contributed by atoms with Crippen molar-refractivity contribution in [2.45, 2.75) is 19.3 Å². The standard InChI is InChI=1S/C16H17N5O2/c1-20-14-12(15(22)21(2)16(20)23)11(9-6-4-3-5-7-9)10(8-17)13(18)19-14/h3-4,9,12,18H,5-7H2,1-2H3/p+1. The number of allylic oxidation sites excluding steroid dienone is 2. The fourth-order valence-corrected chi connectivity index (χ4v) is 3.44. The fourth-order valence-electron chi connectivity index (χ4n) is 3.44. The molecule has 23 heavy (non-hydrogen) atoms. The van der Waals surface area contributed by atoms with Crippen molar-refractivity contribution in [3.05, 3.63) is 23.3 Å². The first-order valence-corrected chi connectivity index (χ1v) is 7.53. The highest BCUT2D eigenvalue weighted by atomic mass is 16.2. The number of amidine groups is 2. The summed E-state index contributed by atoms with van der Waals surface area (Å²) in [5, 5.41) is 9.52. The molecule has 2 N–H and O–H groups in total. The first-order chi connectivity index (χ1) is 11.0. The summed E-state index contributed by atoms with van der Waals surface area (Å²) in [6, 6.07) is 1.66. The van der Waals surface area contributed by atoms with Crippen LogP contribution in [0.3, 0.4) is 0 Å². The van der Waals surface area contributed by atoms with E-state index in [2.05, 4.69) is 23.2 Å². The van der Waals surface area contributed by atoms with Gasteiger partial charge in [-0.1, -0.05) is 17.1 Å². The second-order valence-electron chi connectivity index (χ2n) is 5.95. The predicted molar refractivity (Wildman–Crippen MR) is 83.6 cm³/mol. The number of fused-ring (bicyclic) bond motifs is 1. The molecule has 1 aliphatic carbocycles. The molecule has 2 atom stereocenters. The molecular formula is C16H18N5O2+. The number of rotatable bonds is 1. The van der Waals surface area contributed by atoms with Crippen LogP contribution in [0.15, 0.2) is 28.3 Å². The normalized spacial score (nSPS) is 27.9. The molecule has 118 valence electrons. The van der Waals surface area contributed by atoms with Gasteiger partial charge in [0, 0.05) is 0 Å². The molecule has 2 aliphatic heterocycles. The quantitative estimate of drug-likeness (QED) is 0.571. The lowest BCUT2D eigenvalue weighted by Crippen LogP contribution is -2.54. The van der Waals surface area contributed by atoms with E-state index in [1.807, 2.05) is 0 Å². The zero-order valence-corrected chi connectivity index (χ0v) is 13.1. The van der Waals surface area contributed by atoms with E-state index in [9.17, 15) is 14.9 Å². The fraction of sp³-hybridized carbons (Fsp3) is 0.438. The molecule has 0 aromatic heterocycles. The van der Waals surface area contributed by atoms with Gasteiger partial charge in [-0.25, -0.2) is 4.79 Å². The van der Waals surface area contributed by atoms with Gasteiger partial charge in [0.05, 0.1) is 14.1 Å². The summed E-state index contributed by atoms with van der Waals surface area (Å²) in [5.41, 5.74) is 6.93. The van der Waals surface area contributed by atoms with E-state index in [-0.39, 0.29) is 23.2 Å². The van der Waals surface area contributed by atoms with Crippen molar-refractivity contribution < 1.29 is 14.2 Å². The van der Waals surface area contributed by atoms with E-state index in [1.54, 1.807) is 7.05 Å². The molecule has 3 aliphatic rings. The number of nitrogens with two attached hydrogens (primary N) is 1. The van der Waals surface area contributed by atoms with Crippen LogP contribution >= 0.6 is 0 Å². The number of nitrogens with zero attached hydrogens (tertiary/aromatic N) is 4. The SMILES string of the molecule is CN1C(=O)C2C(C3CC=CCC3)=C(C#N)C(N)=NC2=[N+](C)C1=O. The number of hydrogen-bond acceptors (Lipinski definition) is 5. The molecule has 0 saturated heterocycles. The van der Waals surface area contributed by atoms with Crippen LogP contribution in [0, 0.1) is 23.2 Å². The maximum atomic E-state index is 12.7. The zero-order chi connectivity index (χ0) is 16.7. The van der Waals surface area contributed by atoms with Crippen LogP contribution in [0.4, 0.5) is 4.79 Å². The van der Waals surface area contributed by atoms with Crippen LogP contribution in [0.5, 0.6) is 0 Å². The molecule has 0 aromatic carbocycles. The van der Waals surface area contributed by atoms with Gasteiger partial charge in [0.15, 0.2) is 5.92 Å². The third-order valence-corrected chi connectivity index (χ3v) is 4.66. The highest BCUT2D eigenvalue weighted by Gasteiger charge is 2.50. The molecule has 0 fully saturated rings. The number of hydrogen-bond donors (Lipinski definition) is 1. The summed E-state index contributed by atoms with van der Waals surface area (Å²) in [6.45, 7) is 0. The topological polar surface area (TPSA) is 103 Å². The van der Waals surface area contributed by atoms with Crippen molar-refractivity contribution in [3.8, 4) is 6.07 Å². The number of imide groups is 1. The maximum absolute atomic E-state index is 12.7. The van der Waals surface area contributed by atoms with Crippen molar-refractivity contribution >= 4 is 23.6 Å². The molecule has 0 saturated carbocycles. The van der Waals surface area contributed by atoms with Crippen molar-refractivity contribution in [1.82, 2.24) is 4.90 Å². The highest BCUT2D eigenvalue weighted by Crippen LogP contribution is 2.37. The molecule has 0 bridgehead atoms. The summed E-state index contributed by atoms with van der Waals surface area (Å²) in [6.07, 6.45) is 6.65. The Morgan fingerprint density at radius 2 is 2.17 bits per heavy atom. The van der Waals surface area contributed by atoms with E-state index >= 15 is 0 Å². The largest absolute Gasteiger partial charge is 0.445 e. The summed E-state index contributed by atoms with van der Waals surface area (Å²) in [7, 11) is 3.02. The summed E-state index contributed by atoms with van der Waals surface area (Å²) in [5.74, 6) is -0.597. The maximum Gasteiger partial charge on any atom is 0.445 e. The van der Waals surface area contributed by atoms with Gasteiger partial charge < -0.3 is 5.73 Å². The molecule has 3 rings (SSSR count). The molecule has 3 amide bonds. The van der Waals surface area contributed by atoms with Crippen LogP contribution in [-0.4, -0.2) is 47.2 Å². The second-order valence-corrected chi connectivity index (χ2v) is 5.95. The molecular weight excluding hydrogens is 294 g/mol. The van der Waals surface area contributed by atoms with Gasteiger partial charge in [0.1, 0.15) is 11.6 Å². The van der Waals surface area contributed by atoms with Gasteiger partial charge in [-0.15, -0.1) is 0 Å². The van der Waals surface area contributed by atoms with Gasteiger partial charge in [0.2, 0.25) is 5.84 Å². The average molecular weight is 312 g/mol. The number of nitriles is 1. The monoisotopic (exact) mass is 312 g/mol. The Bertz CT molecular complexity index is 766. The number of urea groups is 1. The summed E-state index contributed by atoms with van der Waals surface area (Å²) in [4.78, 5) is 30.1. The third-order valence-electron chi connectivity index (χ3n) is 4.66. The second kappa shape index (κ2) is 5.47. The number of carbonyl (C=O) groups excluding carboxylic acids is 2. The van der Waals surface area contributed by atoms with Gasteiger partial charge in [-0.2, -0.15) is 14.7 Å². The van der Waals surface area contributed by atoms with E-state index in [0.717, 1.165) is 24.2 Å². The van der Waals surface area contributed by atoms with E-state index in [4.69, 9.17) is 5.73 Å². The van der Waals surface area contributed by atoms with Crippen molar-refractivity contribution in [2.24, 2.45) is 22.6 Å². The summed E-state index contributed by atoms with van der Waals surface area (Å²) < 4.78 is 1.34. The molecule has 7 heteroatoms. The molecule has 0 aromatic rings. The number of carbonyl (C=O) groups is 2. The predicted octanol–water partition coefficient (Wildman–Crippen LogP) is 0.783. The number of aliphatic imine (C=N–C) groups is 1. The third kappa shape index (κ3) is 2.18. The van der Waals surface area contributed by atoms with Gasteiger partial charge in [-0.3, -0.25) is 4.79 Å². The van der Waals surface area contributed by atoms with Crippen LogP contribution in [0.2, 0.25) is 0 Å². The Balaban J connectivity index is 2.23. The van der Waals surface area contributed by atoms with Gasteiger partial charge in [-0.05, 0) is 30.8 Å². The van der Waals surface area contributed by atoms with E-state index in [0.29, 0.717) is 11.4 Å². The van der Waals surface area contributed by atoms with Crippen LogP contribution in [0.1, 0.15) is 19.3 Å². The van der Waals surface area contributed by atoms with E-state index in [1.165, 1.54) is 11.6 Å². The van der Waals surface area contributed by atoms with Crippen LogP contribution in [0.25, 0.3) is 0 Å². The van der Waals surface area contributed by atoms with Crippen molar-refractivity contribution in [1.29, 1.82) is 5.26 Å². The van der Waals surface area contributed by atoms with Crippen LogP contribution < -0.4 is 5.73 Å². The lowest BCUT2D eigenvalue weighted by Gasteiger charge is -2.32. The average Bonchev–Trinajstić information content (AvgIpc) is 2.57. The Kier molecular flexibility index (Phi) is 3.60. The molecule has 7 nitrogen and oxygen atoms in total. The lowest BCUT2D eigenvalue weighted by molar-refractivity contribution is -0.407. The Labute approximate surface area is 134 Å². The zero-order valence-electron chi connectivity index (χ0n) is 13.1. The summed E-state index contributed by atoms with van der Waals surface area (Å²) >= 11 is 0. The Morgan fingerprint density at radius 1 is 1.43 bits per heavy atom. The van der Waals surface area contributed by atoms with Crippen LogP contribution in [-0.2, 0) is 4.79 Å². The smallest absolute Gasteiger partial charge is 0.369 e. The lowest BCUT2D eigenvalue weighted by atomic mass is 9.75. The molecule has 2 unspecified atom stereocenters. The first-order valence-electron chi connectivity index (χ1n) is 7.53. The Morgan fingerprint density at radius 3 is 2.78 bits per heavy atom. The molecule has 2 heterocycles. The van der Waals surface area contributed by atoms with Crippen molar-refractivity contribution in [2.75, 3.05) is 14.1 Å². The minimum Gasteiger partial charge on any atom is -0.369 e. The first kappa shape index (κ1) is 15.2. The Hall–Kier alpha value is -2.75. The minimum atomic E-state index is -0.707. The van der Waals surface area contributed by atoms with Crippen molar-refractivity contribution in [3.63, 3.8) is 0 Å². The van der Waals surface area contributed by atoms with Gasteiger partial charge >= 0.3 is 11.9 Å². The number of dihydropyridines is 1. The number of amides is 3. The molecule has 0 spiro atoms. The minimum absolute atomic E-state index is 0.0580. The van der Waals surface area contributed by atoms with E-state index < -0.39 is 11.9 Å². The van der Waals surface area contributed by atoms with Gasteiger partial charge in [0.25, 0.3) is 5.84 Å². The highest BCUT2D eigenvalue weighted by molar-refractivity contribution is 6.20. The molecule has 0 radical (unpaired) electrons.